The third-order valence-electron chi connectivity index (χ3n) is 5.24. The number of sulfonamides is 1. The summed E-state index contributed by atoms with van der Waals surface area (Å²) in [6, 6.07) is 7.90. The Morgan fingerprint density at radius 1 is 0.971 bits per heavy atom. The number of nitrogens with zero attached hydrogens (tertiary/aromatic N) is 1. The average Bonchev–Trinajstić information content (AvgIpc) is 2.83. The first-order chi connectivity index (χ1) is 16.3. The Morgan fingerprint density at radius 3 is 2.12 bits per heavy atom. The van der Waals surface area contributed by atoms with Crippen LogP contribution >= 0.6 is 0 Å². The van der Waals surface area contributed by atoms with Gasteiger partial charge in [0, 0.05) is 24.3 Å². The molecule has 1 saturated heterocycles. The van der Waals surface area contributed by atoms with E-state index >= 15 is 0 Å². The molecule has 0 atom stereocenters. The highest BCUT2D eigenvalue weighted by Crippen LogP contribution is 2.39. The smallest absolute Gasteiger partial charge is 0.255 e. The van der Waals surface area contributed by atoms with E-state index < -0.39 is 15.9 Å². The first-order valence-corrected chi connectivity index (χ1v) is 12.8. The number of aryl methyl sites for hydroxylation is 1. The number of rotatable bonds is 10. The number of ether oxygens (including phenoxy) is 4. The summed E-state index contributed by atoms with van der Waals surface area (Å²) >= 11 is 0. The molecule has 0 aliphatic carbocycles. The summed E-state index contributed by atoms with van der Waals surface area (Å²) in [5, 5.41) is 2.83. The Bertz CT molecular complexity index is 1090. The molecule has 1 aliphatic rings. The van der Waals surface area contributed by atoms with Crippen LogP contribution in [0.4, 0.5) is 5.69 Å². The van der Waals surface area contributed by atoms with E-state index in [0.717, 1.165) is 5.56 Å². The van der Waals surface area contributed by atoms with Crippen LogP contribution in [-0.2, 0) is 14.8 Å². The average molecular weight is 493 g/mol. The summed E-state index contributed by atoms with van der Waals surface area (Å²) < 4.78 is 49.8. The predicted molar refractivity (Wildman–Crippen MR) is 129 cm³/mol. The maximum Gasteiger partial charge on any atom is 0.255 e. The number of carbonyl (C=O) groups is 1. The highest BCUT2D eigenvalue weighted by Gasteiger charge is 2.27. The lowest BCUT2D eigenvalue weighted by molar-refractivity contribution is 0.0730. The van der Waals surface area contributed by atoms with Crippen LogP contribution in [0.2, 0.25) is 0 Å². The van der Waals surface area contributed by atoms with Gasteiger partial charge < -0.3 is 24.3 Å². The molecule has 3 rings (SSSR count). The van der Waals surface area contributed by atoms with Crippen LogP contribution in [0.1, 0.15) is 36.7 Å². The second-order valence-electron chi connectivity index (χ2n) is 7.55. The molecular formula is C24H32N2O7S. The number of benzene rings is 2. The molecule has 0 spiro atoms. The number of hydrogen-bond acceptors (Lipinski definition) is 7. The molecule has 186 valence electrons. The van der Waals surface area contributed by atoms with Gasteiger partial charge in [-0.25, -0.2) is 8.42 Å². The third kappa shape index (κ3) is 5.81. The van der Waals surface area contributed by atoms with Crippen molar-refractivity contribution in [1.29, 1.82) is 0 Å². The number of anilines is 1. The van der Waals surface area contributed by atoms with E-state index in [2.05, 4.69) is 5.32 Å². The fourth-order valence-corrected chi connectivity index (χ4v) is 4.98. The van der Waals surface area contributed by atoms with Crippen molar-refractivity contribution >= 4 is 21.6 Å². The van der Waals surface area contributed by atoms with Crippen molar-refractivity contribution < 1.29 is 32.2 Å². The molecular weight excluding hydrogens is 460 g/mol. The predicted octanol–water partition coefficient (Wildman–Crippen LogP) is 3.46. The first kappa shape index (κ1) is 25.8. The van der Waals surface area contributed by atoms with Gasteiger partial charge in [0.05, 0.1) is 37.9 Å². The zero-order valence-electron chi connectivity index (χ0n) is 20.0. The summed E-state index contributed by atoms with van der Waals surface area (Å²) in [6.45, 7) is 9.83. The Kier molecular flexibility index (Phi) is 8.76. The number of morpholine rings is 1. The molecule has 1 fully saturated rings. The summed E-state index contributed by atoms with van der Waals surface area (Å²) in [4.78, 5) is 13.3. The minimum Gasteiger partial charge on any atom is -0.490 e. The lowest BCUT2D eigenvalue weighted by Crippen LogP contribution is -2.40. The Balaban J connectivity index is 1.92. The van der Waals surface area contributed by atoms with Gasteiger partial charge >= 0.3 is 0 Å². The molecule has 2 aromatic carbocycles. The first-order valence-electron chi connectivity index (χ1n) is 11.4. The number of nitrogens with one attached hydrogen (secondary N) is 1. The second-order valence-corrected chi connectivity index (χ2v) is 9.49. The molecule has 1 amide bonds. The van der Waals surface area contributed by atoms with Gasteiger partial charge in [-0.3, -0.25) is 4.79 Å². The third-order valence-corrected chi connectivity index (χ3v) is 7.13. The van der Waals surface area contributed by atoms with Crippen molar-refractivity contribution in [1.82, 2.24) is 4.31 Å². The van der Waals surface area contributed by atoms with Crippen LogP contribution in [0.25, 0.3) is 0 Å². The van der Waals surface area contributed by atoms with Gasteiger partial charge in [-0.1, -0.05) is 6.07 Å². The molecule has 1 aliphatic heterocycles. The van der Waals surface area contributed by atoms with Crippen LogP contribution < -0.4 is 19.5 Å². The van der Waals surface area contributed by atoms with Gasteiger partial charge in [-0.05, 0) is 57.5 Å². The second kappa shape index (κ2) is 11.5. The normalized spacial score (nSPS) is 14.5. The number of hydrogen-bond donors (Lipinski definition) is 1. The van der Waals surface area contributed by atoms with Crippen molar-refractivity contribution in [3.63, 3.8) is 0 Å². The fraction of sp³-hybridized carbons (Fsp3) is 0.458. The summed E-state index contributed by atoms with van der Waals surface area (Å²) in [5.41, 5.74) is 1.44. The monoisotopic (exact) mass is 492 g/mol. The van der Waals surface area contributed by atoms with Crippen LogP contribution in [0, 0.1) is 6.92 Å². The van der Waals surface area contributed by atoms with Crippen molar-refractivity contribution in [3.05, 3.63) is 41.5 Å². The zero-order valence-corrected chi connectivity index (χ0v) is 20.9. The van der Waals surface area contributed by atoms with Crippen LogP contribution in [0.15, 0.2) is 35.2 Å². The molecule has 0 radical (unpaired) electrons. The largest absolute Gasteiger partial charge is 0.490 e. The zero-order chi connectivity index (χ0) is 24.7. The van der Waals surface area contributed by atoms with Crippen molar-refractivity contribution in [2.75, 3.05) is 51.4 Å². The Morgan fingerprint density at radius 2 is 1.56 bits per heavy atom. The van der Waals surface area contributed by atoms with Gasteiger partial charge in [0.15, 0.2) is 11.5 Å². The van der Waals surface area contributed by atoms with E-state index in [-0.39, 0.29) is 4.90 Å². The lowest BCUT2D eigenvalue weighted by atomic mass is 10.1. The van der Waals surface area contributed by atoms with Crippen LogP contribution in [0.5, 0.6) is 17.2 Å². The standard InChI is InChI=1S/C24H32N2O7S/c1-5-31-21-14-18(15-22(32-6-2)23(21)33-7-3)24(27)25-20-16-19(9-8-17(20)4)34(28,29)26-10-12-30-13-11-26/h8-9,14-16H,5-7,10-13H2,1-4H3,(H,25,27). The highest BCUT2D eigenvalue weighted by atomic mass is 32.2. The summed E-state index contributed by atoms with van der Waals surface area (Å²) in [6.07, 6.45) is 0. The fourth-order valence-electron chi connectivity index (χ4n) is 3.55. The van der Waals surface area contributed by atoms with Gasteiger partial charge in [0.25, 0.3) is 5.91 Å². The number of carbonyl (C=O) groups excluding carboxylic acids is 1. The van der Waals surface area contributed by atoms with Crippen molar-refractivity contribution in [3.8, 4) is 17.2 Å². The number of amides is 1. The van der Waals surface area contributed by atoms with E-state index in [9.17, 15) is 13.2 Å². The highest BCUT2D eigenvalue weighted by molar-refractivity contribution is 7.89. The van der Waals surface area contributed by atoms with Crippen LogP contribution in [-0.4, -0.2) is 64.8 Å². The SMILES string of the molecule is CCOc1cc(C(=O)Nc2cc(S(=O)(=O)N3CCOCC3)ccc2C)cc(OCC)c1OCC. The molecule has 10 heteroatoms. The summed E-state index contributed by atoms with van der Waals surface area (Å²) in [7, 11) is -3.70. The van der Waals surface area contributed by atoms with E-state index in [1.165, 1.54) is 10.4 Å². The minimum atomic E-state index is -3.70. The Labute approximate surface area is 201 Å². The molecule has 0 unspecified atom stereocenters. The van der Waals surface area contributed by atoms with Crippen LogP contribution in [0.3, 0.4) is 0 Å². The van der Waals surface area contributed by atoms with E-state index in [1.807, 2.05) is 20.8 Å². The Hall–Kier alpha value is -2.82. The molecule has 1 heterocycles. The molecule has 2 aromatic rings. The molecule has 1 N–H and O–H groups in total. The van der Waals surface area contributed by atoms with Gasteiger partial charge in [0.1, 0.15) is 0 Å². The lowest BCUT2D eigenvalue weighted by Gasteiger charge is -2.26. The topological polar surface area (TPSA) is 103 Å². The van der Waals surface area contributed by atoms with E-state index in [4.69, 9.17) is 18.9 Å². The van der Waals surface area contributed by atoms with E-state index in [0.29, 0.717) is 74.6 Å². The minimum absolute atomic E-state index is 0.118. The molecule has 34 heavy (non-hydrogen) atoms. The van der Waals surface area contributed by atoms with Gasteiger partial charge in [-0.15, -0.1) is 0 Å². The molecule has 0 saturated carbocycles. The maximum atomic E-state index is 13.2. The van der Waals surface area contributed by atoms with Gasteiger partial charge in [-0.2, -0.15) is 4.31 Å². The molecule has 0 bridgehead atoms. The van der Waals surface area contributed by atoms with Crippen molar-refractivity contribution in [2.24, 2.45) is 0 Å². The summed E-state index contributed by atoms with van der Waals surface area (Å²) in [5.74, 6) is 0.827. The molecule has 9 nitrogen and oxygen atoms in total. The quantitative estimate of drug-likeness (QED) is 0.542. The van der Waals surface area contributed by atoms with E-state index in [1.54, 1.807) is 31.2 Å². The molecule has 0 aromatic heterocycles. The van der Waals surface area contributed by atoms with Crippen molar-refractivity contribution in [2.45, 2.75) is 32.6 Å². The maximum absolute atomic E-state index is 13.2. The van der Waals surface area contributed by atoms with Gasteiger partial charge in [0.2, 0.25) is 15.8 Å².